The number of nitrogens with one attached hydrogen (secondary N) is 1. The fourth-order valence-electron chi connectivity index (χ4n) is 1.08. The van der Waals surface area contributed by atoms with Gasteiger partial charge in [-0.3, -0.25) is 0 Å². The van der Waals surface area contributed by atoms with E-state index in [0.717, 1.165) is 5.56 Å². The molecule has 0 bridgehead atoms. The van der Waals surface area contributed by atoms with Crippen molar-refractivity contribution in [1.82, 2.24) is 4.89 Å². The Balaban J connectivity index is 3.06. The Morgan fingerprint density at radius 1 is 1.21 bits per heavy atom. The van der Waals surface area contributed by atoms with Crippen LogP contribution in [0.5, 0.6) is 0 Å². The van der Waals surface area contributed by atoms with Gasteiger partial charge in [0.25, 0.3) is 10.0 Å². The first kappa shape index (κ1) is 11.2. The third-order valence-electron chi connectivity index (χ3n) is 1.98. The van der Waals surface area contributed by atoms with Gasteiger partial charge < -0.3 is 5.21 Å². The van der Waals surface area contributed by atoms with E-state index in [1.165, 1.54) is 17.0 Å². The monoisotopic (exact) mass is 215 g/mol. The van der Waals surface area contributed by atoms with Crippen LogP contribution in [0.3, 0.4) is 0 Å². The van der Waals surface area contributed by atoms with Gasteiger partial charge in [0.15, 0.2) is 0 Å². The zero-order valence-electron chi connectivity index (χ0n) is 8.06. The molecule has 2 N–H and O–H groups in total. The van der Waals surface area contributed by atoms with Crippen LogP contribution in [0.15, 0.2) is 29.2 Å². The van der Waals surface area contributed by atoms with Crippen LogP contribution in [0.25, 0.3) is 0 Å². The number of benzene rings is 1. The van der Waals surface area contributed by atoms with Gasteiger partial charge in [-0.2, -0.15) is 0 Å². The minimum Gasteiger partial charge on any atom is -0.302 e. The molecule has 0 radical (unpaired) electrons. The van der Waals surface area contributed by atoms with E-state index in [1.54, 1.807) is 12.1 Å². The van der Waals surface area contributed by atoms with E-state index >= 15 is 0 Å². The Morgan fingerprint density at radius 2 is 1.71 bits per heavy atom. The number of hydrogen-bond donors (Lipinski definition) is 2. The zero-order valence-corrected chi connectivity index (χ0v) is 8.88. The van der Waals surface area contributed by atoms with Crippen LogP contribution >= 0.6 is 0 Å². The van der Waals surface area contributed by atoms with Gasteiger partial charge in [-0.05, 0) is 23.6 Å². The van der Waals surface area contributed by atoms with Gasteiger partial charge in [-0.25, -0.2) is 8.42 Å². The molecule has 0 aliphatic carbocycles. The van der Waals surface area contributed by atoms with Crippen molar-refractivity contribution in [3.05, 3.63) is 29.8 Å². The topological polar surface area (TPSA) is 66.4 Å². The Labute approximate surface area is 83.6 Å². The minimum atomic E-state index is -3.74. The first-order valence-electron chi connectivity index (χ1n) is 4.23. The highest BCUT2D eigenvalue weighted by atomic mass is 32.2. The normalized spacial score (nSPS) is 12.0. The van der Waals surface area contributed by atoms with E-state index in [0.29, 0.717) is 5.92 Å². The summed E-state index contributed by atoms with van der Waals surface area (Å²) < 4.78 is 22.2. The molecule has 0 saturated carbocycles. The molecule has 1 aromatic rings. The minimum absolute atomic E-state index is 0.0596. The fourth-order valence-corrected chi connectivity index (χ4v) is 1.68. The average molecular weight is 215 g/mol. The lowest BCUT2D eigenvalue weighted by Crippen LogP contribution is -2.19. The van der Waals surface area contributed by atoms with Crippen molar-refractivity contribution < 1.29 is 13.6 Å². The molecule has 0 aliphatic rings. The second kappa shape index (κ2) is 4.08. The summed E-state index contributed by atoms with van der Waals surface area (Å²) in [7, 11) is -3.74. The first-order valence-corrected chi connectivity index (χ1v) is 5.71. The van der Waals surface area contributed by atoms with Crippen LogP contribution in [0.4, 0.5) is 0 Å². The van der Waals surface area contributed by atoms with E-state index in [4.69, 9.17) is 5.21 Å². The third-order valence-corrected chi connectivity index (χ3v) is 3.11. The summed E-state index contributed by atoms with van der Waals surface area (Å²) in [6.07, 6.45) is 0. The molecule has 0 spiro atoms. The predicted octanol–water partition coefficient (Wildman–Crippen LogP) is 1.48. The summed E-state index contributed by atoms with van der Waals surface area (Å²) in [4.78, 5) is 1.34. The summed E-state index contributed by atoms with van der Waals surface area (Å²) in [6.45, 7) is 4.04. The Bertz CT molecular complexity index is 395. The summed E-state index contributed by atoms with van der Waals surface area (Å²) in [5.74, 6) is 0.355. The van der Waals surface area contributed by atoms with E-state index in [-0.39, 0.29) is 4.90 Å². The maximum absolute atomic E-state index is 11.1. The lowest BCUT2D eigenvalue weighted by molar-refractivity contribution is 0.242. The molecule has 0 aliphatic heterocycles. The smallest absolute Gasteiger partial charge is 0.262 e. The molecule has 4 nitrogen and oxygen atoms in total. The van der Waals surface area contributed by atoms with Gasteiger partial charge in [-0.1, -0.05) is 30.9 Å². The molecule has 78 valence electrons. The number of rotatable bonds is 3. The van der Waals surface area contributed by atoms with Crippen molar-refractivity contribution in [2.75, 3.05) is 0 Å². The van der Waals surface area contributed by atoms with Crippen LogP contribution in [0.2, 0.25) is 0 Å². The number of sulfonamides is 1. The molecule has 0 atom stereocenters. The van der Waals surface area contributed by atoms with Crippen LogP contribution in [0, 0.1) is 0 Å². The van der Waals surface area contributed by atoms with E-state index in [1.807, 2.05) is 13.8 Å². The standard InChI is InChI=1S/C9H13NO3S/c1-7(2)8-3-5-9(6-4-8)14(12,13)10-11/h3-7,10-11H,1-2H3. The van der Waals surface area contributed by atoms with Gasteiger partial charge >= 0.3 is 0 Å². The lowest BCUT2D eigenvalue weighted by atomic mass is 10.0. The Hall–Kier alpha value is -0.910. The van der Waals surface area contributed by atoms with Gasteiger partial charge in [0, 0.05) is 0 Å². The van der Waals surface area contributed by atoms with Crippen molar-refractivity contribution in [1.29, 1.82) is 0 Å². The van der Waals surface area contributed by atoms with Crippen LogP contribution in [0.1, 0.15) is 25.3 Å². The SMILES string of the molecule is CC(C)c1ccc(S(=O)(=O)NO)cc1. The molecule has 1 rings (SSSR count). The quantitative estimate of drug-likeness (QED) is 0.750. The molecule has 1 aromatic carbocycles. The molecule has 0 unspecified atom stereocenters. The second-order valence-electron chi connectivity index (χ2n) is 3.32. The molecule has 0 saturated heterocycles. The molecular formula is C9H13NO3S. The molecule has 0 aromatic heterocycles. The predicted molar refractivity (Wildman–Crippen MR) is 52.6 cm³/mol. The van der Waals surface area contributed by atoms with Crippen LogP contribution in [-0.2, 0) is 10.0 Å². The highest BCUT2D eigenvalue weighted by molar-refractivity contribution is 7.89. The number of hydrogen-bond acceptors (Lipinski definition) is 3. The van der Waals surface area contributed by atoms with E-state index in [9.17, 15) is 8.42 Å². The summed E-state index contributed by atoms with van der Waals surface area (Å²) in [5, 5.41) is 8.39. The van der Waals surface area contributed by atoms with E-state index < -0.39 is 10.0 Å². The lowest BCUT2D eigenvalue weighted by Gasteiger charge is -2.06. The second-order valence-corrected chi connectivity index (χ2v) is 4.98. The molecule has 0 amide bonds. The summed E-state index contributed by atoms with van der Waals surface area (Å²) >= 11 is 0. The third kappa shape index (κ3) is 2.31. The highest BCUT2D eigenvalue weighted by Gasteiger charge is 2.11. The van der Waals surface area contributed by atoms with Gasteiger partial charge in [-0.15, -0.1) is 0 Å². The Kier molecular flexibility index (Phi) is 3.25. The zero-order chi connectivity index (χ0) is 10.8. The van der Waals surface area contributed by atoms with Crippen molar-refractivity contribution >= 4 is 10.0 Å². The molecule has 14 heavy (non-hydrogen) atoms. The summed E-state index contributed by atoms with van der Waals surface area (Å²) in [6, 6.07) is 6.39. The fraction of sp³-hybridized carbons (Fsp3) is 0.333. The van der Waals surface area contributed by atoms with Gasteiger partial charge in [0.2, 0.25) is 0 Å². The largest absolute Gasteiger partial charge is 0.302 e. The first-order chi connectivity index (χ1) is 6.47. The van der Waals surface area contributed by atoms with Crippen LogP contribution < -0.4 is 4.89 Å². The molecule has 0 heterocycles. The van der Waals surface area contributed by atoms with Crippen molar-refractivity contribution in [2.24, 2.45) is 0 Å². The maximum atomic E-state index is 11.1. The molecule has 0 fully saturated rings. The average Bonchev–Trinajstić information content (AvgIpc) is 2.18. The van der Waals surface area contributed by atoms with Crippen molar-refractivity contribution in [3.63, 3.8) is 0 Å². The molecular weight excluding hydrogens is 202 g/mol. The van der Waals surface area contributed by atoms with Crippen molar-refractivity contribution in [3.8, 4) is 0 Å². The van der Waals surface area contributed by atoms with Gasteiger partial charge in [0.1, 0.15) is 0 Å². The highest BCUT2D eigenvalue weighted by Crippen LogP contribution is 2.16. The van der Waals surface area contributed by atoms with Crippen LogP contribution in [-0.4, -0.2) is 13.6 Å². The molecule has 5 heteroatoms. The maximum Gasteiger partial charge on any atom is 0.262 e. The van der Waals surface area contributed by atoms with Gasteiger partial charge in [0.05, 0.1) is 4.90 Å². The Morgan fingerprint density at radius 3 is 2.07 bits per heavy atom. The van der Waals surface area contributed by atoms with E-state index in [2.05, 4.69) is 0 Å². The summed E-state index contributed by atoms with van der Waals surface area (Å²) in [5.41, 5.74) is 1.06. The van der Waals surface area contributed by atoms with Crippen molar-refractivity contribution in [2.45, 2.75) is 24.7 Å².